The van der Waals surface area contributed by atoms with E-state index in [2.05, 4.69) is 5.32 Å². The van der Waals surface area contributed by atoms with E-state index in [0.29, 0.717) is 5.56 Å². The Morgan fingerprint density at radius 1 is 1.16 bits per heavy atom. The third-order valence-corrected chi connectivity index (χ3v) is 4.08. The van der Waals surface area contributed by atoms with Crippen molar-refractivity contribution in [2.75, 3.05) is 0 Å². The lowest BCUT2D eigenvalue weighted by Crippen LogP contribution is -2.30. The van der Waals surface area contributed by atoms with Gasteiger partial charge < -0.3 is 10.4 Å². The van der Waals surface area contributed by atoms with Gasteiger partial charge in [-0.3, -0.25) is 9.69 Å². The molecule has 0 radical (unpaired) electrons. The Labute approximate surface area is 152 Å². The first-order valence-electron chi connectivity index (χ1n) is 7.12. The van der Waals surface area contributed by atoms with Crippen LogP contribution in [0, 0.1) is 5.82 Å². The smallest absolute Gasteiger partial charge is 0.329 e. The number of carbonyl (C=O) groups is 2. The fraction of sp³-hybridized carbons (Fsp3) is 0.0588. The van der Waals surface area contributed by atoms with Gasteiger partial charge in [0.1, 0.15) is 17.3 Å². The second-order valence-electron chi connectivity index (χ2n) is 5.33. The number of imide groups is 1. The van der Waals surface area contributed by atoms with Gasteiger partial charge in [0, 0.05) is 10.6 Å². The van der Waals surface area contributed by atoms with Crippen molar-refractivity contribution in [1.82, 2.24) is 10.2 Å². The van der Waals surface area contributed by atoms with Crippen LogP contribution in [0.4, 0.5) is 9.18 Å². The Balaban J connectivity index is 1.87. The van der Waals surface area contributed by atoms with Gasteiger partial charge in [-0.15, -0.1) is 0 Å². The SMILES string of the molecule is O=C1N/C(=C/c2cc(Cl)cc(Cl)c2O)C(=O)N1Cc1ccc(F)cc1. The summed E-state index contributed by atoms with van der Waals surface area (Å²) in [5.74, 6) is -1.24. The molecule has 3 rings (SSSR count). The number of hydrogen-bond donors (Lipinski definition) is 2. The fourth-order valence-corrected chi connectivity index (χ4v) is 2.85. The molecule has 0 atom stereocenters. The van der Waals surface area contributed by atoms with Crippen molar-refractivity contribution in [3.8, 4) is 5.75 Å². The monoisotopic (exact) mass is 380 g/mol. The number of nitrogens with one attached hydrogen (secondary N) is 1. The van der Waals surface area contributed by atoms with Crippen LogP contribution in [0.3, 0.4) is 0 Å². The topological polar surface area (TPSA) is 69.6 Å². The molecule has 1 aliphatic rings. The van der Waals surface area contributed by atoms with Crippen LogP contribution in [0.2, 0.25) is 10.0 Å². The zero-order valence-corrected chi connectivity index (χ0v) is 14.1. The van der Waals surface area contributed by atoms with Crippen molar-refractivity contribution < 1.29 is 19.1 Å². The molecular weight excluding hydrogens is 370 g/mol. The van der Waals surface area contributed by atoms with E-state index in [4.69, 9.17) is 23.2 Å². The molecule has 8 heteroatoms. The lowest BCUT2D eigenvalue weighted by Gasteiger charge is -2.11. The van der Waals surface area contributed by atoms with Crippen LogP contribution in [0.15, 0.2) is 42.1 Å². The fourth-order valence-electron chi connectivity index (χ4n) is 2.34. The third kappa shape index (κ3) is 3.60. The van der Waals surface area contributed by atoms with Gasteiger partial charge in [-0.05, 0) is 35.9 Å². The number of carbonyl (C=O) groups excluding carboxylic acids is 2. The summed E-state index contributed by atoms with van der Waals surface area (Å²) in [6.07, 6.45) is 1.29. The van der Waals surface area contributed by atoms with Gasteiger partial charge in [-0.1, -0.05) is 35.3 Å². The first-order chi connectivity index (χ1) is 11.8. The maximum Gasteiger partial charge on any atom is 0.329 e. The van der Waals surface area contributed by atoms with Crippen LogP contribution in [-0.4, -0.2) is 21.9 Å². The van der Waals surface area contributed by atoms with Crippen LogP contribution < -0.4 is 5.32 Å². The van der Waals surface area contributed by atoms with Crippen molar-refractivity contribution in [3.63, 3.8) is 0 Å². The average molecular weight is 381 g/mol. The van der Waals surface area contributed by atoms with E-state index in [1.165, 1.54) is 42.5 Å². The lowest BCUT2D eigenvalue weighted by molar-refractivity contribution is -0.123. The number of aromatic hydroxyl groups is 1. The highest BCUT2D eigenvalue weighted by Crippen LogP contribution is 2.33. The minimum atomic E-state index is -0.617. The van der Waals surface area contributed by atoms with Crippen molar-refractivity contribution in [2.24, 2.45) is 0 Å². The number of rotatable bonds is 3. The number of halogens is 3. The van der Waals surface area contributed by atoms with Gasteiger partial charge in [0.2, 0.25) is 0 Å². The highest BCUT2D eigenvalue weighted by molar-refractivity contribution is 6.36. The average Bonchev–Trinajstić information content (AvgIpc) is 2.81. The summed E-state index contributed by atoms with van der Waals surface area (Å²) in [4.78, 5) is 25.4. The molecule has 0 aliphatic carbocycles. The molecule has 2 aromatic rings. The van der Waals surface area contributed by atoms with E-state index in [1.807, 2.05) is 0 Å². The number of nitrogens with zero attached hydrogens (tertiary/aromatic N) is 1. The zero-order valence-electron chi connectivity index (χ0n) is 12.6. The summed E-state index contributed by atoms with van der Waals surface area (Å²) in [6.45, 7) is -0.00935. The molecule has 1 aliphatic heterocycles. The molecule has 1 heterocycles. The molecule has 128 valence electrons. The molecule has 2 aromatic carbocycles. The molecule has 0 spiro atoms. The normalized spacial score (nSPS) is 15.8. The highest BCUT2D eigenvalue weighted by Gasteiger charge is 2.33. The number of phenols is 1. The van der Waals surface area contributed by atoms with Crippen LogP contribution in [-0.2, 0) is 11.3 Å². The number of hydrogen-bond acceptors (Lipinski definition) is 3. The Bertz CT molecular complexity index is 898. The first-order valence-corrected chi connectivity index (χ1v) is 7.88. The van der Waals surface area contributed by atoms with Gasteiger partial charge in [-0.25, -0.2) is 9.18 Å². The Morgan fingerprint density at radius 2 is 1.84 bits per heavy atom. The Morgan fingerprint density at radius 3 is 2.52 bits per heavy atom. The molecule has 1 saturated heterocycles. The molecule has 5 nitrogen and oxygen atoms in total. The molecule has 0 saturated carbocycles. The number of benzene rings is 2. The van der Waals surface area contributed by atoms with Gasteiger partial charge in [0.25, 0.3) is 5.91 Å². The van der Waals surface area contributed by atoms with Crippen LogP contribution >= 0.6 is 23.2 Å². The van der Waals surface area contributed by atoms with Crippen LogP contribution in [0.1, 0.15) is 11.1 Å². The minimum Gasteiger partial charge on any atom is -0.506 e. The summed E-state index contributed by atoms with van der Waals surface area (Å²) in [7, 11) is 0. The summed E-state index contributed by atoms with van der Waals surface area (Å²) in [5, 5.41) is 12.7. The molecule has 25 heavy (non-hydrogen) atoms. The third-order valence-electron chi connectivity index (χ3n) is 3.57. The second kappa shape index (κ2) is 6.74. The van der Waals surface area contributed by atoms with Crippen molar-refractivity contribution in [2.45, 2.75) is 6.54 Å². The number of urea groups is 1. The number of amides is 3. The molecule has 0 aromatic heterocycles. The van der Waals surface area contributed by atoms with Gasteiger partial charge >= 0.3 is 6.03 Å². The predicted molar refractivity (Wildman–Crippen MR) is 91.6 cm³/mol. The van der Waals surface area contributed by atoms with E-state index in [9.17, 15) is 19.1 Å². The second-order valence-corrected chi connectivity index (χ2v) is 6.18. The van der Waals surface area contributed by atoms with Crippen molar-refractivity contribution >= 4 is 41.2 Å². The van der Waals surface area contributed by atoms with Gasteiger partial charge in [0.05, 0.1) is 11.6 Å². The maximum absolute atomic E-state index is 12.9. The van der Waals surface area contributed by atoms with E-state index in [0.717, 1.165) is 4.90 Å². The minimum absolute atomic E-state index is 0.00935. The summed E-state index contributed by atoms with van der Waals surface area (Å²) in [6, 6.07) is 7.62. The molecule has 3 amide bonds. The zero-order chi connectivity index (χ0) is 18.1. The highest BCUT2D eigenvalue weighted by atomic mass is 35.5. The Hall–Kier alpha value is -2.57. The van der Waals surface area contributed by atoms with E-state index < -0.39 is 17.8 Å². The molecule has 2 N–H and O–H groups in total. The summed E-state index contributed by atoms with van der Waals surface area (Å²) >= 11 is 11.7. The maximum atomic E-state index is 12.9. The standard InChI is InChI=1S/C17H11Cl2FN2O3/c18-11-5-10(15(23)13(19)7-11)6-14-16(24)22(17(25)21-14)8-9-1-3-12(20)4-2-9/h1-7,23H,8H2,(H,21,25)/b14-6+. The molecular formula is C17H11Cl2FN2O3. The molecule has 1 fully saturated rings. The lowest BCUT2D eigenvalue weighted by atomic mass is 10.1. The largest absolute Gasteiger partial charge is 0.506 e. The predicted octanol–water partition coefficient (Wildman–Crippen LogP) is 3.93. The Kier molecular flexibility index (Phi) is 4.65. The summed E-state index contributed by atoms with van der Waals surface area (Å²) < 4.78 is 12.9. The van der Waals surface area contributed by atoms with E-state index >= 15 is 0 Å². The molecule has 0 unspecified atom stereocenters. The van der Waals surface area contributed by atoms with Gasteiger partial charge in [0.15, 0.2) is 0 Å². The van der Waals surface area contributed by atoms with Crippen LogP contribution in [0.25, 0.3) is 6.08 Å². The number of phenolic OH excluding ortho intramolecular Hbond substituents is 1. The van der Waals surface area contributed by atoms with E-state index in [-0.39, 0.29) is 33.6 Å². The molecule has 0 bridgehead atoms. The quantitative estimate of drug-likeness (QED) is 0.625. The first kappa shape index (κ1) is 17.3. The van der Waals surface area contributed by atoms with Crippen molar-refractivity contribution in [3.05, 3.63) is 69.1 Å². The van der Waals surface area contributed by atoms with E-state index in [1.54, 1.807) is 0 Å². The van der Waals surface area contributed by atoms with Crippen LogP contribution in [0.5, 0.6) is 5.75 Å². The van der Waals surface area contributed by atoms with Crippen molar-refractivity contribution in [1.29, 1.82) is 0 Å². The summed E-state index contributed by atoms with van der Waals surface area (Å²) in [5.41, 5.74) is 0.769. The van der Waals surface area contributed by atoms with Gasteiger partial charge in [-0.2, -0.15) is 0 Å².